The number of ether oxygens (including phenoxy) is 1. The molecule has 1 aromatic carbocycles. The molecule has 0 radical (unpaired) electrons. The minimum atomic E-state index is -1.23. The number of H-pyrrole nitrogens is 1. The van der Waals surface area contributed by atoms with Crippen molar-refractivity contribution in [2.24, 2.45) is 0 Å². The van der Waals surface area contributed by atoms with Gasteiger partial charge in [0.25, 0.3) is 0 Å². The molecular weight excluding hydrogens is 236 g/mol. The first-order chi connectivity index (χ1) is 8.66. The van der Waals surface area contributed by atoms with Crippen molar-refractivity contribution in [1.82, 2.24) is 9.97 Å². The zero-order valence-electron chi connectivity index (χ0n) is 9.52. The summed E-state index contributed by atoms with van der Waals surface area (Å²) >= 11 is 0. The van der Waals surface area contributed by atoms with E-state index < -0.39 is 24.4 Å². The van der Waals surface area contributed by atoms with Crippen molar-refractivity contribution < 1.29 is 20.1 Å². The Morgan fingerprint density at radius 2 is 1.94 bits per heavy atom. The number of para-hydroxylation sites is 2. The van der Waals surface area contributed by atoms with Crippen LogP contribution in [0, 0.1) is 0 Å². The molecule has 0 saturated carbocycles. The number of nitrogens with one attached hydrogen (secondary N) is 1. The van der Waals surface area contributed by atoms with Gasteiger partial charge in [-0.3, -0.25) is 0 Å². The van der Waals surface area contributed by atoms with Crippen LogP contribution in [-0.4, -0.2) is 50.2 Å². The molecular formula is C12H14N2O4. The van der Waals surface area contributed by atoms with Gasteiger partial charge in [-0.2, -0.15) is 0 Å². The predicted octanol–water partition coefficient (Wildman–Crippen LogP) is -0.283. The van der Waals surface area contributed by atoms with Crippen molar-refractivity contribution in [2.45, 2.75) is 24.4 Å². The number of fused-ring (bicyclic) bond motifs is 1. The van der Waals surface area contributed by atoms with Gasteiger partial charge < -0.3 is 25.0 Å². The van der Waals surface area contributed by atoms with E-state index in [0.717, 1.165) is 11.0 Å². The van der Waals surface area contributed by atoms with Crippen molar-refractivity contribution in [2.75, 3.05) is 6.61 Å². The van der Waals surface area contributed by atoms with Crippen LogP contribution < -0.4 is 0 Å². The Morgan fingerprint density at radius 1 is 1.17 bits per heavy atom. The summed E-state index contributed by atoms with van der Waals surface area (Å²) in [6.07, 6.45) is -4.25. The first-order valence-electron chi connectivity index (χ1n) is 5.77. The Labute approximate surface area is 103 Å². The molecule has 1 fully saturated rings. The number of benzene rings is 1. The van der Waals surface area contributed by atoms with Crippen LogP contribution in [0.15, 0.2) is 24.3 Å². The number of imidazole rings is 1. The highest BCUT2D eigenvalue weighted by molar-refractivity contribution is 5.74. The van der Waals surface area contributed by atoms with Crippen LogP contribution in [0.3, 0.4) is 0 Å². The van der Waals surface area contributed by atoms with Crippen molar-refractivity contribution in [3.63, 3.8) is 0 Å². The van der Waals surface area contributed by atoms with E-state index in [-0.39, 0.29) is 6.61 Å². The van der Waals surface area contributed by atoms with Gasteiger partial charge in [0.05, 0.1) is 17.6 Å². The van der Waals surface area contributed by atoms with Crippen molar-refractivity contribution in [3.8, 4) is 0 Å². The third-order valence-electron chi connectivity index (χ3n) is 3.18. The first-order valence-corrected chi connectivity index (χ1v) is 5.77. The molecule has 2 aromatic rings. The van der Waals surface area contributed by atoms with Gasteiger partial charge in [0.2, 0.25) is 0 Å². The number of aliphatic hydroxyl groups is 3. The predicted molar refractivity (Wildman–Crippen MR) is 62.8 cm³/mol. The second-order valence-electron chi connectivity index (χ2n) is 4.44. The molecule has 18 heavy (non-hydrogen) atoms. The molecule has 1 aliphatic heterocycles. The van der Waals surface area contributed by atoms with E-state index >= 15 is 0 Å². The zero-order chi connectivity index (χ0) is 12.7. The fourth-order valence-electron chi connectivity index (χ4n) is 2.15. The van der Waals surface area contributed by atoms with Gasteiger partial charge in [0.15, 0.2) is 0 Å². The summed E-state index contributed by atoms with van der Waals surface area (Å²) in [5.74, 6) is 0.453. The zero-order valence-corrected chi connectivity index (χ0v) is 9.52. The molecule has 96 valence electrons. The summed E-state index contributed by atoms with van der Waals surface area (Å²) < 4.78 is 5.33. The minimum Gasteiger partial charge on any atom is -0.388 e. The molecule has 4 atom stereocenters. The number of aliphatic hydroxyl groups excluding tert-OH is 3. The Kier molecular flexibility index (Phi) is 2.79. The smallest absolute Gasteiger partial charge is 0.144 e. The molecule has 1 unspecified atom stereocenters. The highest BCUT2D eigenvalue weighted by Crippen LogP contribution is 2.28. The molecule has 1 aromatic heterocycles. The van der Waals surface area contributed by atoms with Gasteiger partial charge in [-0.25, -0.2) is 4.98 Å². The Bertz CT molecular complexity index is 523. The van der Waals surface area contributed by atoms with E-state index in [9.17, 15) is 15.3 Å². The summed E-state index contributed by atoms with van der Waals surface area (Å²) in [5, 5.41) is 28.9. The third kappa shape index (κ3) is 1.79. The quantitative estimate of drug-likeness (QED) is 0.558. The van der Waals surface area contributed by atoms with Gasteiger partial charge in [0, 0.05) is 0 Å². The van der Waals surface area contributed by atoms with Crippen LogP contribution in [0.2, 0.25) is 0 Å². The molecule has 3 rings (SSSR count). The number of hydrogen-bond acceptors (Lipinski definition) is 5. The summed E-state index contributed by atoms with van der Waals surface area (Å²) in [6.45, 7) is -0.0278. The Balaban J connectivity index is 1.94. The molecule has 0 spiro atoms. The van der Waals surface area contributed by atoms with Gasteiger partial charge in [-0.15, -0.1) is 0 Å². The monoisotopic (exact) mass is 250 g/mol. The van der Waals surface area contributed by atoms with Crippen molar-refractivity contribution in [3.05, 3.63) is 30.1 Å². The molecule has 2 heterocycles. The summed E-state index contributed by atoms with van der Waals surface area (Å²) in [6, 6.07) is 7.45. The SMILES string of the molecule is O[C@@H]1[C@H](O)COC(c2nc3ccccc3[nH]2)[C@@H]1O. The maximum atomic E-state index is 9.89. The number of hydrogen-bond donors (Lipinski definition) is 4. The van der Waals surface area contributed by atoms with Crippen molar-refractivity contribution in [1.29, 1.82) is 0 Å². The normalized spacial score (nSPS) is 32.8. The van der Waals surface area contributed by atoms with E-state index in [1.54, 1.807) is 0 Å². The summed E-state index contributed by atoms with van der Waals surface area (Å²) in [5.41, 5.74) is 1.60. The van der Waals surface area contributed by atoms with E-state index in [0.29, 0.717) is 5.82 Å². The average molecular weight is 250 g/mol. The highest BCUT2D eigenvalue weighted by Gasteiger charge is 2.39. The molecule has 6 nitrogen and oxygen atoms in total. The van der Waals surface area contributed by atoms with Gasteiger partial charge in [-0.1, -0.05) is 12.1 Å². The van der Waals surface area contributed by atoms with E-state index in [1.807, 2.05) is 24.3 Å². The molecule has 1 saturated heterocycles. The molecule has 4 N–H and O–H groups in total. The maximum absolute atomic E-state index is 9.89. The topological polar surface area (TPSA) is 98.6 Å². The fourth-order valence-corrected chi connectivity index (χ4v) is 2.15. The fraction of sp³-hybridized carbons (Fsp3) is 0.417. The third-order valence-corrected chi connectivity index (χ3v) is 3.18. The Morgan fingerprint density at radius 3 is 2.72 bits per heavy atom. The Hall–Kier alpha value is -1.47. The van der Waals surface area contributed by atoms with E-state index in [1.165, 1.54) is 0 Å². The van der Waals surface area contributed by atoms with E-state index in [4.69, 9.17) is 4.74 Å². The van der Waals surface area contributed by atoms with Crippen LogP contribution >= 0.6 is 0 Å². The molecule has 6 heteroatoms. The molecule has 0 aliphatic carbocycles. The molecule has 0 amide bonds. The highest BCUT2D eigenvalue weighted by atomic mass is 16.5. The lowest BCUT2D eigenvalue weighted by Crippen LogP contribution is -2.49. The first kappa shape index (κ1) is 11.6. The molecule has 1 aliphatic rings. The molecule has 0 bridgehead atoms. The summed E-state index contributed by atoms with van der Waals surface area (Å²) in [7, 11) is 0. The van der Waals surface area contributed by atoms with Gasteiger partial charge in [0.1, 0.15) is 30.2 Å². The number of nitrogens with zero attached hydrogens (tertiary/aromatic N) is 1. The second kappa shape index (κ2) is 4.33. The number of aromatic amines is 1. The minimum absolute atomic E-state index is 0.0278. The second-order valence-corrected chi connectivity index (χ2v) is 4.44. The van der Waals surface area contributed by atoms with Gasteiger partial charge >= 0.3 is 0 Å². The van der Waals surface area contributed by atoms with E-state index in [2.05, 4.69) is 9.97 Å². The van der Waals surface area contributed by atoms with Crippen LogP contribution in [0.4, 0.5) is 0 Å². The van der Waals surface area contributed by atoms with Crippen LogP contribution in [0.25, 0.3) is 11.0 Å². The van der Waals surface area contributed by atoms with Crippen LogP contribution in [-0.2, 0) is 4.74 Å². The van der Waals surface area contributed by atoms with Crippen molar-refractivity contribution >= 4 is 11.0 Å². The maximum Gasteiger partial charge on any atom is 0.144 e. The lowest BCUT2D eigenvalue weighted by molar-refractivity contribution is -0.191. The average Bonchev–Trinajstić information content (AvgIpc) is 2.79. The van der Waals surface area contributed by atoms with Gasteiger partial charge in [-0.05, 0) is 12.1 Å². The number of rotatable bonds is 1. The largest absolute Gasteiger partial charge is 0.388 e. The summed E-state index contributed by atoms with van der Waals surface area (Å²) in [4.78, 5) is 7.36. The number of aromatic nitrogens is 2. The lowest BCUT2D eigenvalue weighted by atomic mass is 10.00. The standard InChI is InChI=1S/C12H14N2O4/c15-8-5-18-11(10(17)9(8)16)12-13-6-3-1-2-4-7(6)14-12/h1-4,8-11,15-17H,5H2,(H,13,14)/t8-,9-,10-,11?/m1/s1. The lowest BCUT2D eigenvalue weighted by Gasteiger charge is -2.34. The van der Waals surface area contributed by atoms with Crippen LogP contribution in [0.5, 0.6) is 0 Å². The van der Waals surface area contributed by atoms with Crippen LogP contribution in [0.1, 0.15) is 11.9 Å².